The van der Waals surface area contributed by atoms with E-state index in [1.54, 1.807) is 24.3 Å². The van der Waals surface area contributed by atoms with Gasteiger partial charge in [0.2, 0.25) is 5.91 Å². The van der Waals surface area contributed by atoms with E-state index in [1.807, 2.05) is 18.7 Å². The zero-order chi connectivity index (χ0) is 17.7. The molecule has 0 spiro atoms. The zero-order valence-corrected chi connectivity index (χ0v) is 15.3. The molecule has 24 heavy (non-hydrogen) atoms. The van der Waals surface area contributed by atoms with Gasteiger partial charge in [0, 0.05) is 19.6 Å². The molecular formula is C18H26ClN3O2. The van der Waals surface area contributed by atoms with Gasteiger partial charge in [-0.3, -0.25) is 9.59 Å². The van der Waals surface area contributed by atoms with E-state index in [0.717, 1.165) is 26.1 Å². The molecule has 0 saturated carbocycles. The van der Waals surface area contributed by atoms with Gasteiger partial charge in [-0.15, -0.1) is 0 Å². The van der Waals surface area contributed by atoms with Gasteiger partial charge in [0.15, 0.2) is 0 Å². The van der Waals surface area contributed by atoms with Crippen molar-refractivity contribution in [2.75, 3.05) is 33.2 Å². The number of hydrogen-bond acceptors (Lipinski definition) is 3. The molecule has 132 valence electrons. The monoisotopic (exact) mass is 351 g/mol. The fourth-order valence-corrected chi connectivity index (χ4v) is 3.06. The standard InChI is InChI=1S/C18H26ClN3O2/c1-13(2)16(18(24)22-10-6-9-21(3)11-12-22)20-17(23)14-7-4-5-8-15(14)19/h4-5,7-8,13,16H,6,9-12H2,1-3H3,(H,20,23). The molecule has 1 aromatic carbocycles. The third-order valence-electron chi connectivity index (χ3n) is 4.37. The first kappa shape index (κ1) is 18.7. The lowest BCUT2D eigenvalue weighted by Gasteiger charge is -2.29. The third-order valence-corrected chi connectivity index (χ3v) is 4.70. The Morgan fingerprint density at radius 3 is 2.50 bits per heavy atom. The second kappa shape index (κ2) is 8.49. The summed E-state index contributed by atoms with van der Waals surface area (Å²) in [6.07, 6.45) is 0.950. The number of rotatable bonds is 4. The molecule has 6 heteroatoms. The first-order valence-corrected chi connectivity index (χ1v) is 8.80. The normalized spacial score (nSPS) is 17.5. The first-order chi connectivity index (χ1) is 11.4. The van der Waals surface area contributed by atoms with Gasteiger partial charge < -0.3 is 15.1 Å². The van der Waals surface area contributed by atoms with Crippen LogP contribution in [0, 0.1) is 5.92 Å². The highest BCUT2D eigenvalue weighted by Gasteiger charge is 2.30. The molecule has 2 rings (SSSR count). The van der Waals surface area contributed by atoms with E-state index in [2.05, 4.69) is 17.3 Å². The predicted octanol–water partition coefficient (Wildman–Crippen LogP) is 2.26. The highest BCUT2D eigenvalue weighted by atomic mass is 35.5. The number of carbonyl (C=O) groups is 2. The van der Waals surface area contributed by atoms with Crippen LogP contribution in [-0.4, -0.2) is 60.9 Å². The van der Waals surface area contributed by atoms with Crippen LogP contribution in [0.1, 0.15) is 30.6 Å². The van der Waals surface area contributed by atoms with Gasteiger partial charge in [-0.25, -0.2) is 0 Å². The van der Waals surface area contributed by atoms with Crippen molar-refractivity contribution < 1.29 is 9.59 Å². The number of amides is 2. The quantitative estimate of drug-likeness (QED) is 0.905. The molecule has 0 aromatic heterocycles. The van der Waals surface area contributed by atoms with E-state index in [4.69, 9.17) is 11.6 Å². The summed E-state index contributed by atoms with van der Waals surface area (Å²) < 4.78 is 0. The Balaban J connectivity index is 2.10. The minimum absolute atomic E-state index is 0.00456. The second-order valence-electron chi connectivity index (χ2n) is 6.66. The number of carbonyl (C=O) groups excluding carboxylic acids is 2. The van der Waals surface area contributed by atoms with Crippen LogP contribution in [0.5, 0.6) is 0 Å². The van der Waals surface area contributed by atoms with Crippen molar-refractivity contribution in [3.05, 3.63) is 34.9 Å². The summed E-state index contributed by atoms with van der Waals surface area (Å²) in [7, 11) is 2.06. The lowest BCUT2D eigenvalue weighted by Crippen LogP contribution is -2.52. The van der Waals surface area contributed by atoms with E-state index in [1.165, 1.54) is 0 Å². The van der Waals surface area contributed by atoms with Crippen molar-refractivity contribution in [2.45, 2.75) is 26.3 Å². The Bertz CT molecular complexity index is 591. The lowest BCUT2D eigenvalue weighted by atomic mass is 10.0. The molecule has 1 unspecified atom stereocenters. The van der Waals surface area contributed by atoms with Gasteiger partial charge in [-0.2, -0.15) is 0 Å². The average Bonchev–Trinajstić information content (AvgIpc) is 2.76. The molecule has 0 radical (unpaired) electrons. The molecular weight excluding hydrogens is 326 g/mol. The number of nitrogens with one attached hydrogen (secondary N) is 1. The molecule has 5 nitrogen and oxygen atoms in total. The van der Waals surface area contributed by atoms with Crippen LogP contribution in [0.15, 0.2) is 24.3 Å². The zero-order valence-electron chi connectivity index (χ0n) is 14.6. The maximum atomic E-state index is 12.9. The Hall–Kier alpha value is -1.59. The smallest absolute Gasteiger partial charge is 0.253 e. The van der Waals surface area contributed by atoms with E-state index in [-0.39, 0.29) is 17.7 Å². The highest BCUT2D eigenvalue weighted by Crippen LogP contribution is 2.16. The summed E-state index contributed by atoms with van der Waals surface area (Å²) in [4.78, 5) is 29.5. The van der Waals surface area contributed by atoms with Crippen LogP contribution in [0.4, 0.5) is 0 Å². The van der Waals surface area contributed by atoms with Crippen LogP contribution >= 0.6 is 11.6 Å². The van der Waals surface area contributed by atoms with Crippen LogP contribution in [-0.2, 0) is 4.79 Å². The Morgan fingerprint density at radius 2 is 1.83 bits per heavy atom. The third kappa shape index (κ3) is 4.71. The first-order valence-electron chi connectivity index (χ1n) is 8.43. The molecule has 1 heterocycles. The summed E-state index contributed by atoms with van der Waals surface area (Å²) in [5.74, 6) is -0.315. The van der Waals surface area contributed by atoms with Gasteiger partial charge in [-0.05, 0) is 38.1 Å². The summed E-state index contributed by atoms with van der Waals surface area (Å²) in [5, 5.41) is 3.26. The SMILES string of the molecule is CC(C)C(NC(=O)c1ccccc1Cl)C(=O)N1CCCN(C)CC1. The number of benzene rings is 1. The minimum atomic E-state index is -0.544. The number of likely N-dealkylation sites (N-methyl/N-ethyl adjacent to an activating group) is 1. The van der Waals surface area contributed by atoms with Crippen molar-refractivity contribution in [3.63, 3.8) is 0 Å². The van der Waals surface area contributed by atoms with Crippen LogP contribution in [0.2, 0.25) is 5.02 Å². The van der Waals surface area contributed by atoms with Crippen molar-refractivity contribution in [1.82, 2.24) is 15.1 Å². The Morgan fingerprint density at radius 1 is 1.12 bits per heavy atom. The molecule has 1 fully saturated rings. The van der Waals surface area contributed by atoms with Crippen molar-refractivity contribution in [1.29, 1.82) is 0 Å². The summed E-state index contributed by atoms with van der Waals surface area (Å²) in [5.41, 5.74) is 0.396. The van der Waals surface area contributed by atoms with Gasteiger partial charge in [0.25, 0.3) is 5.91 Å². The predicted molar refractivity (Wildman–Crippen MR) is 96.2 cm³/mol. The molecule has 1 N–H and O–H groups in total. The highest BCUT2D eigenvalue weighted by molar-refractivity contribution is 6.33. The second-order valence-corrected chi connectivity index (χ2v) is 7.06. The molecule has 1 saturated heterocycles. The molecule has 0 aliphatic carbocycles. The van der Waals surface area contributed by atoms with Gasteiger partial charge >= 0.3 is 0 Å². The van der Waals surface area contributed by atoms with Gasteiger partial charge in [-0.1, -0.05) is 37.6 Å². The van der Waals surface area contributed by atoms with Gasteiger partial charge in [0.05, 0.1) is 10.6 Å². The Kier molecular flexibility index (Phi) is 6.63. The van der Waals surface area contributed by atoms with E-state index < -0.39 is 6.04 Å². The minimum Gasteiger partial charge on any atom is -0.340 e. The average molecular weight is 352 g/mol. The molecule has 1 atom stereocenters. The Labute approximate surface area is 149 Å². The van der Waals surface area contributed by atoms with Crippen LogP contribution < -0.4 is 5.32 Å². The summed E-state index contributed by atoms with van der Waals surface area (Å²) in [6.45, 7) is 7.16. The largest absolute Gasteiger partial charge is 0.340 e. The lowest BCUT2D eigenvalue weighted by molar-refractivity contribution is -0.134. The van der Waals surface area contributed by atoms with Crippen molar-refractivity contribution in [3.8, 4) is 0 Å². The van der Waals surface area contributed by atoms with Gasteiger partial charge in [0.1, 0.15) is 6.04 Å². The number of nitrogens with zero attached hydrogens (tertiary/aromatic N) is 2. The molecule has 1 aromatic rings. The number of hydrogen-bond donors (Lipinski definition) is 1. The summed E-state index contributed by atoms with van der Waals surface area (Å²) in [6, 6.07) is 6.33. The van der Waals surface area contributed by atoms with Crippen LogP contribution in [0.3, 0.4) is 0 Å². The van der Waals surface area contributed by atoms with E-state index in [9.17, 15) is 9.59 Å². The number of halogens is 1. The summed E-state index contributed by atoms with van der Waals surface area (Å²) >= 11 is 6.09. The molecule has 1 aliphatic heterocycles. The van der Waals surface area contributed by atoms with Crippen molar-refractivity contribution in [2.24, 2.45) is 5.92 Å². The van der Waals surface area contributed by atoms with E-state index in [0.29, 0.717) is 17.1 Å². The molecule has 2 amide bonds. The fraction of sp³-hybridized carbons (Fsp3) is 0.556. The maximum absolute atomic E-state index is 12.9. The van der Waals surface area contributed by atoms with E-state index >= 15 is 0 Å². The maximum Gasteiger partial charge on any atom is 0.253 e. The molecule has 0 bridgehead atoms. The topological polar surface area (TPSA) is 52.7 Å². The molecule has 1 aliphatic rings. The van der Waals surface area contributed by atoms with Crippen LogP contribution in [0.25, 0.3) is 0 Å². The fourth-order valence-electron chi connectivity index (χ4n) is 2.84. The van der Waals surface area contributed by atoms with Crippen molar-refractivity contribution >= 4 is 23.4 Å².